The highest BCUT2D eigenvalue weighted by Gasteiger charge is 2.13. The number of hydrogen-bond donors (Lipinski definition) is 1. The highest BCUT2D eigenvalue weighted by molar-refractivity contribution is 7.89. The molecule has 1 aromatic carbocycles. The number of rotatable bonds is 7. The number of nitrogens with one attached hydrogen (secondary N) is 1. The van der Waals surface area contributed by atoms with Crippen LogP contribution in [0.1, 0.15) is 13.8 Å². The number of nitrogens with zero attached hydrogens (tertiary/aromatic N) is 1. The molecule has 0 radical (unpaired) electrons. The Balaban J connectivity index is 1.95. The van der Waals surface area contributed by atoms with Gasteiger partial charge in [0.15, 0.2) is 0 Å². The maximum atomic E-state index is 12.1. The molecule has 1 aromatic heterocycles. The third kappa shape index (κ3) is 4.61. The Morgan fingerprint density at radius 3 is 2.33 bits per heavy atom. The molecule has 0 aliphatic rings. The van der Waals surface area contributed by atoms with Gasteiger partial charge in [-0.15, -0.1) is 0 Å². The second kappa shape index (κ2) is 6.78. The van der Waals surface area contributed by atoms with Gasteiger partial charge in [0.2, 0.25) is 10.0 Å². The minimum atomic E-state index is -3.48. The average molecular weight is 308 g/mol. The first-order chi connectivity index (χ1) is 9.97. The van der Waals surface area contributed by atoms with Crippen LogP contribution < -0.4 is 9.46 Å². The van der Waals surface area contributed by atoms with E-state index in [2.05, 4.69) is 4.72 Å². The topological polar surface area (TPSA) is 60.3 Å². The third-order valence-corrected chi connectivity index (χ3v) is 4.31. The van der Waals surface area contributed by atoms with Crippen molar-refractivity contribution in [1.82, 2.24) is 9.29 Å². The van der Waals surface area contributed by atoms with Gasteiger partial charge in [0, 0.05) is 25.5 Å². The summed E-state index contributed by atoms with van der Waals surface area (Å²) in [5, 5.41) is 0. The monoisotopic (exact) mass is 308 g/mol. The first kappa shape index (κ1) is 15.6. The van der Waals surface area contributed by atoms with Crippen molar-refractivity contribution < 1.29 is 13.2 Å². The lowest BCUT2D eigenvalue weighted by molar-refractivity contribution is 0.242. The van der Waals surface area contributed by atoms with E-state index in [0.29, 0.717) is 18.8 Å². The third-order valence-electron chi connectivity index (χ3n) is 2.83. The van der Waals surface area contributed by atoms with Crippen molar-refractivity contribution >= 4 is 10.0 Å². The van der Waals surface area contributed by atoms with E-state index >= 15 is 0 Å². The summed E-state index contributed by atoms with van der Waals surface area (Å²) >= 11 is 0. The first-order valence-electron chi connectivity index (χ1n) is 6.84. The Hall–Kier alpha value is -1.79. The van der Waals surface area contributed by atoms with Crippen molar-refractivity contribution in [1.29, 1.82) is 0 Å². The minimum Gasteiger partial charge on any atom is -0.491 e. The average Bonchev–Trinajstić information content (AvgIpc) is 2.91. The molecule has 5 nitrogen and oxygen atoms in total. The smallest absolute Gasteiger partial charge is 0.240 e. The van der Waals surface area contributed by atoms with Gasteiger partial charge in [0.05, 0.1) is 11.0 Å². The van der Waals surface area contributed by atoms with Crippen LogP contribution in [0.5, 0.6) is 5.75 Å². The Kier molecular flexibility index (Phi) is 5.03. The lowest BCUT2D eigenvalue weighted by Crippen LogP contribution is -2.27. The van der Waals surface area contributed by atoms with Crippen LogP contribution in [-0.4, -0.2) is 25.6 Å². The molecule has 0 saturated carbocycles. The molecule has 0 bridgehead atoms. The molecule has 0 spiro atoms. The van der Waals surface area contributed by atoms with Crippen molar-refractivity contribution in [2.45, 2.75) is 31.4 Å². The molecular weight excluding hydrogens is 288 g/mol. The van der Waals surface area contributed by atoms with Gasteiger partial charge in [-0.25, -0.2) is 13.1 Å². The van der Waals surface area contributed by atoms with E-state index in [1.54, 1.807) is 24.3 Å². The van der Waals surface area contributed by atoms with Crippen LogP contribution in [0.2, 0.25) is 0 Å². The van der Waals surface area contributed by atoms with E-state index in [1.165, 1.54) is 0 Å². The fourth-order valence-corrected chi connectivity index (χ4v) is 2.90. The fraction of sp³-hybridized carbons (Fsp3) is 0.333. The van der Waals surface area contributed by atoms with Crippen molar-refractivity contribution in [3.63, 3.8) is 0 Å². The second-order valence-corrected chi connectivity index (χ2v) is 6.72. The molecule has 0 atom stereocenters. The summed E-state index contributed by atoms with van der Waals surface area (Å²) in [5.74, 6) is 0.663. The van der Waals surface area contributed by atoms with Crippen LogP contribution in [0.15, 0.2) is 53.7 Å². The zero-order valence-electron chi connectivity index (χ0n) is 12.2. The SMILES string of the molecule is CC(C)Oc1ccc(S(=O)(=O)NCCn2cccc2)cc1. The lowest BCUT2D eigenvalue weighted by atomic mass is 10.3. The minimum absolute atomic E-state index is 0.0622. The number of benzene rings is 1. The molecule has 2 aromatic rings. The van der Waals surface area contributed by atoms with Crippen molar-refractivity contribution in [3.05, 3.63) is 48.8 Å². The normalized spacial score (nSPS) is 11.8. The molecule has 1 heterocycles. The van der Waals surface area contributed by atoms with Gasteiger partial charge in [-0.2, -0.15) is 0 Å². The maximum absolute atomic E-state index is 12.1. The second-order valence-electron chi connectivity index (χ2n) is 4.96. The molecule has 114 valence electrons. The van der Waals surface area contributed by atoms with E-state index in [0.717, 1.165) is 0 Å². The lowest BCUT2D eigenvalue weighted by Gasteiger charge is -2.11. The van der Waals surface area contributed by atoms with Crippen LogP contribution in [-0.2, 0) is 16.6 Å². The molecule has 0 aliphatic carbocycles. The summed E-state index contributed by atoms with van der Waals surface area (Å²) in [7, 11) is -3.48. The van der Waals surface area contributed by atoms with Crippen molar-refractivity contribution in [2.24, 2.45) is 0 Å². The summed E-state index contributed by atoms with van der Waals surface area (Å²) in [5.41, 5.74) is 0. The molecule has 2 rings (SSSR count). The summed E-state index contributed by atoms with van der Waals surface area (Å²) in [4.78, 5) is 0.242. The first-order valence-corrected chi connectivity index (χ1v) is 8.33. The van der Waals surface area contributed by atoms with Gasteiger partial charge < -0.3 is 9.30 Å². The van der Waals surface area contributed by atoms with Gasteiger partial charge in [-0.05, 0) is 50.2 Å². The summed E-state index contributed by atoms with van der Waals surface area (Å²) < 4.78 is 34.3. The zero-order valence-corrected chi connectivity index (χ0v) is 13.0. The van der Waals surface area contributed by atoms with Crippen LogP contribution in [0.3, 0.4) is 0 Å². The Bertz CT molecular complexity index is 647. The van der Waals surface area contributed by atoms with Gasteiger partial charge in [-0.3, -0.25) is 0 Å². The molecule has 0 fully saturated rings. The van der Waals surface area contributed by atoms with Crippen molar-refractivity contribution in [2.75, 3.05) is 6.54 Å². The summed E-state index contributed by atoms with van der Waals surface area (Å²) in [6.07, 6.45) is 3.85. The number of aromatic nitrogens is 1. The van der Waals surface area contributed by atoms with Gasteiger partial charge in [0.25, 0.3) is 0 Å². The number of hydrogen-bond acceptors (Lipinski definition) is 3. The molecule has 21 heavy (non-hydrogen) atoms. The largest absolute Gasteiger partial charge is 0.491 e. The van der Waals surface area contributed by atoms with E-state index < -0.39 is 10.0 Å². The fourth-order valence-electron chi connectivity index (χ4n) is 1.88. The summed E-state index contributed by atoms with van der Waals surface area (Å²) in [6.45, 7) is 4.79. The quantitative estimate of drug-likeness (QED) is 0.853. The van der Waals surface area contributed by atoms with E-state index in [1.807, 2.05) is 42.9 Å². The van der Waals surface area contributed by atoms with Crippen LogP contribution in [0.25, 0.3) is 0 Å². The van der Waals surface area contributed by atoms with E-state index in [4.69, 9.17) is 4.74 Å². The molecular formula is C15H20N2O3S. The number of ether oxygens (including phenoxy) is 1. The predicted molar refractivity (Wildman–Crippen MR) is 81.8 cm³/mol. The molecule has 0 unspecified atom stereocenters. The Labute approximate surface area is 125 Å². The van der Waals surface area contributed by atoms with E-state index in [9.17, 15) is 8.42 Å². The molecule has 0 saturated heterocycles. The van der Waals surface area contributed by atoms with Crippen LogP contribution in [0, 0.1) is 0 Å². The standard InChI is InChI=1S/C15H20N2O3S/c1-13(2)20-14-5-7-15(8-6-14)21(18,19)16-9-12-17-10-3-4-11-17/h3-8,10-11,13,16H,9,12H2,1-2H3. The van der Waals surface area contributed by atoms with Gasteiger partial charge in [-0.1, -0.05) is 0 Å². The zero-order chi connectivity index (χ0) is 15.3. The Morgan fingerprint density at radius 2 is 1.76 bits per heavy atom. The Morgan fingerprint density at radius 1 is 1.14 bits per heavy atom. The predicted octanol–water partition coefficient (Wildman–Crippen LogP) is 2.25. The number of sulfonamides is 1. The molecule has 0 aliphatic heterocycles. The van der Waals surface area contributed by atoms with Crippen LogP contribution >= 0.6 is 0 Å². The van der Waals surface area contributed by atoms with E-state index in [-0.39, 0.29) is 11.0 Å². The van der Waals surface area contributed by atoms with Gasteiger partial charge in [0.1, 0.15) is 5.75 Å². The summed E-state index contributed by atoms with van der Waals surface area (Å²) in [6, 6.07) is 10.2. The molecule has 0 amide bonds. The molecule has 1 N–H and O–H groups in total. The van der Waals surface area contributed by atoms with Crippen molar-refractivity contribution in [3.8, 4) is 5.75 Å². The van der Waals surface area contributed by atoms with Gasteiger partial charge >= 0.3 is 0 Å². The van der Waals surface area contributed by atoms with Crippen LogP contribution in [0.4, 0.5) is 0 Å². The molecule has 6 heteroatoms. The highest BCUT2D eigenvalue weighted by Crippen LogP contribution is 2.16. The maximum Gasteiger partial charge on any atom is 0.240 e. The highest BCUT2D eigenvalue weighted by atomic mass is 32.2.